The van der Waals surface area contributed by atoms with Crippen molar-refractivity contribution in [3.8, 4) is 0 Å². The lowest BCUT2D eigenvalue weighted by atomic mass is 10.6. The largest absolute Gasteiger partial charge is 0.276 e. The van der Waals surface area contributed by atoms with Crippen LogP contribution < -0.4 is 11.0 Å². The third-order valence-corrected chi connectivity index (χ3v) is 3.66. The number of hydrogen-bond acceptors (Lipinski definition) is 2. The molecule has 1 fully saturated rings. The molecule has 1 aliphatic rings. The summed E-state index contributed by atoms with van der Waals surface area (Å²) >= 11 is 1.84. The van der Waals surface area contributed by atoms with Gasteiger partial charge in [-0.25, -0.2) is 4.67 Å². The summed E-state index contributed by atoms with van der Waals surface area (Å²) in [6, 6.07) is 0. The predicted octanol–water partition coefficient (Wildman–Crippen LogP) is 0.0607. The molecule has 1 rings (SSSR count). The zero-order valence-electron chi connectivity index (χ0n) is 5.69. The molecule has 0 aromatic heterocycles. The summed E-state index contributed by atoms with van der Waals surface area (Å²) in [7, 11) is -2.92. The van der Waals surface area contributed by atoms with E-state index < -0.39 is 7.59 Å². The quantitative estimate of drug-likeness (QED) is 0.560. The van der Waals surface area contributed by atoms with E-state index >= 15 is 0 Å². The van der Waals surface area contributed by atoms with Crippen molar-refractivity contribution in [2.45, 2.75) is 0 Å². The summed E-state index contributed by atoms with van der Waals surface area (Å²) in [5.74, 6) is 1.97. The number of thioether (sulfide) groups is 1. The van der Waals surface area contributed by atoms with E-state index in [0.29, 0.717) is 0 Å². The van der Waals surface area contributed by atoms with Gasteiger partial charge >= 0.3 is 0 Å². The third kappa shape index (κ3) is 2.25. The Morgan fingerprint density at radius 2 is 1.80 bits per heavy atom. The minimum Gasteiger partial charge on any atom is -0.271 e. The Labute approximate surface area is 64.8 Å². The zero-order chi connectivity index (χ0) is 7.61. The molecule has 1 heterocycles. The summed E-state index contributed by atoms with van der Waals surface area (Å²) in [4.78, 5) is 0. The van der Waals surface area contributed by atoms with Crippen LogP contribution in [-0.4, -0.2) is 29.3 Å². The van der Waals surface area contributed by atoms with Gasteiger partial charge in [0.2, 0.25) is 0 Å². The lowest BCUT2D eigenvalue weighted by molar-refractivity contribution is 0.442. The van der Waals surface area contributed by atoms with Gasteiger partial charge in [0.15, 0.2) is 0 Å². The van der Waals surface area contributed by atoms with Crippen LogP contribution >= 0.6 is 19.4 Å². The number of hydrogen-bond donors (Lipinski definition) is 2. The van der Waals surface area contributed by atoms with E-state index in [1.165, 1.54) is 0 Å². The maximum atomic E-state index is 11.0. The highest BCUT2D eigenvalue weighted by Crippen LogP contribution is 2.33. The summed E-state index contributed by atoms with van der Waals surface area (Å²) in [6.45, 7) is 1.52. The monoisotopic (exact) mass is 181 g/mol. The van der Waals surface area contributed by atoms with Crippen LogP contribution in [0.15, 0.2) is 0 Å². The SMILES string of the molecule is NP(N)(=O)N1CCSCC1. The van der Waals surface area contributed by atoms with Gasteiger partial charge in [-0.3, -0.25) is 15.6 Å². The van der Waals surface area contributed by atoms with Gasteiger partial charge in [-0.1, -0.05) is 0 Å². The van der Waals surface area contributed by atoms with Gasteiger partial charge in [-0.05, 0) is 0 Å². The van der Waals surface area contributed by atoms with Crippen molar-refractivity contribution in [1.82, 2.24) is 4.67 Å². The van der Waals surface area contributed by atoms with E-state index in [-0.39, 0.29) is 0 Å². The Morgan fingerprint density at radius 1 is 1.30 bits per heavy atom. The molecule has 0 bridgehead atoms. The second-order valence-corrected chi connectivity index (χ2v) is 5.37. The van der Waals surface area contributed by atoms with Crippen molar-refractivity contribution < 1.29 is 4.57 Å². The van der Waals surface area contributed by atoms with Gasteiger partial charge in [0, 0.05) is 24.6 Å². The van der Waals surface area contributed by atoms with Crippen LogP contribution in [0.5, 0.6) is 0 Å². The molecule has 4 nitrogen and oxygen atoms in total. The second-order valence-electron chi connectivity index (χ2n) is 2.24. The summed E-state index contributed by atoms with van der Waals surface area (Å²) in [5.41, 5.74) is 10.5. The van der Waals surface area contributed by atoms with Crippen LogP contribution in [0.3, 0.4) is 0 Å². The van der Waals surface area contributed by atoms with Crippen molar-refractivity contribution in [1.29, 1.82) is 0 Å². The molecule has 0 amide bonds. The molecule has 0 aromatic rings. The normalized spacial score (nSPS) is 23.0. The van der Waals surface area contributed by atoms with E-state index in [0.717, 1.165) is 24.6 Å². The average molecular weight is 181 g/mol. The van der Waals surface area contributed by atoms with Crippen molar-refractivity contribution in [2.75, 3.05) is 24.6 Å². The molecule has 0 atom stereocenters. The lowest BCUT2D eigenvalue weighted by Crippen LogP contribution is -2.35. The van der Waals surface area contributed by atoms with Crippen LogP contribution in [0, 0.1) is 0 Å². The van der Waals surface area contributed by atoms with Crippen molar-refractivity contribution in [3.05, 3.63) is 0 Å². The number of nitrogens with zero attached hydrogens (tertiary/aromatic N) is 1. The number of rotatable bonds is 1. The van der Waals surface area contributed by atoms with E-state index in [9.17, 15) is 4.57 Å². The predicted molar refractivity (Wildman–Crippen MR) is 44.9 cm³/mol. The molecule has 1 saturated heterocycles. The molecule has 60 valence electrons. The summed E-state index contributed by atoms with van der Waals surface area (Å²) < 4.78 is 12.7. The smallest absolute Gasteiger partial charge is 0.271 e. The first-order valence-electron chi connectivity index (χ1n) is 3.11. The zero-order valence-corrected chi connectivity index (χ0v) is 7.40. The van der Waals surface area contributed by atoms with Gasteiger partial charge in [-0.15, -0.1) is 0 Å². The Bertz CT molecular complexity index is 153. The fourth-order valence-electron chi connectivity index (χ4n) is 0.866. The number of nitrogens with two attached hydrogens (primary N) is 2. The molecule has 10 heavy (non-hydrogen) atoms. The molecule has 6 heteroatoms. The van der Waals surface area contributed by atoms with Crippen LogP contribution in [0.25, 0.3) is 0 Å². The van der Waals surface area contributed by atoms with Crippen LogP contribution in [-0.2, 0) is 4.57 Å². The van der Waals surface area contributed by atoms with Crippen molar-refractivity contribution in [3.63, 3.8) is 0 Å². The summed E-state index contributed by atoms with van der Waals surface area (Å²) in [6.07, 6.45) is 0. The molecule has 0 aromatic carbocycles. The van der Waals surface area contributed by atoms with Crippen LogP contribution in [0.4, 0.5) is 0 Å². The highest BCUT2D eigenvalue weighted by Gasteiger charge is 2.22. The standard InChI is InChI=1S/C4H12N3OPS/c5-9(6,8)7-1-3-10-4-2-7/h1-4H2,(H4,5,6,8). The molecule has 1 aliphatic heterocycles. The van der Waals surface area contributed by atoms with E-state index in [1.807, 2.05) is 11.8 Å². The lowest BCUT2D eigenvalue weighted by Gasteiger charge is -2.28. The summed E-state index contributed by atoms with van der Waals surface area (Å²) in [5, 5.41) is 0. The second kappa shape index (κ2) is 3.24. The molecule has 4 N–H and O–H groups in total. The molecule has 0 radical (unpaired) electrons. The van der Waals surface area contributed by atoms with Gasteiger partial charge < -0.3 is 0 Å². The molecule has 0 aliphatic carbocycles. The fourth-order valence-corrected chi connectivity index (χ4v) is 2.87. The van der Waals surface area contributed by atoms with Crippen molar-refractivity contribution in [2.24, 2.45) is 11.0 Å². The van der Waals surface area contributed by atoms with Crippen LogP contribution in [0.1, 0.15) is 0 Å². The van der Waals surface area contributed by atoms with E-state index in [4.69, 9.17) is 11.0 Å². The average Bonchev–Trinajstić information content (AvgIpc) is 1.88. The Balaban J connectivity index is 2.47. The Hall–Kier alpha value is 0.460. The maximum absolute atomic E-state index is 11.0. The van der Waals surface area contributed by atoms with E-state index in [1.54, 1.807) is 4.67 Å². The minimum absolute atomic E-state index is 0.759. The topological polar surface area (TPSA) is 72.3 Å². The molecule has 0 unspecified atom stereocenters. The van der Waals surface area contributed by atoms with Gasteiger partial charge in [-0.2, -0.15) is 11.8 Å². The molecular weight excluding hydrogens is 169 g/mol. The van der Waals surface area contributed by atoms with Gasteiger partial charge in [0.05, 0.1) is 0 Å². The Kier molecular flexibility index (Phi) is 2.77. The third-order valence-electron chi connectivity index (χ3n) is 1.43. The van der Waals surface area contributed by atoms with Crippen molar-refractivity contribution >= 4 is 19.4 Å². The first-order chi connectivity index (χ1) is 4.61. The maximum Gasteiger partial charge on any atom is 0.276 e. The molecule has 0 spiro atoms. The first-order valence-corrected chi connectivity index (χ1v) is 6.06. The van der Waals surface area contributed by atoms with E-state index in [2.05, 4.69) is 0 Å². The first kappa shape index (κ1) is 8.56. The highest BCUT2D eigenvalue weighted by molar-refractivity contribution is 7.99. The van der Waals surface area contributed by atoms with Crippen LogP contribution in [0.2, 0.25) is 0 Å². The minimum atomic E-state index is -2.92. The molecule has 0 saturated carbocycles. The van der Waals surface area contributed by atoms with Gasteiger partial charge in [0.25, 0.3) is 7.59 Å². The highest BCUT2D eigenvalue weighted by atomic mass is 32.2. The fraction of sp³-hybridized carbons (Fsp3) is 1.00. The Morgan fingerprint density at radius 3 is 2.10 bits per heavy atom. The molecular formula is C4H12N3OPS. The van der Waals surface area contributed by atoms with Gasteiger partial charge in [0.1, 0.15) is 0 Å².